The zero-order valence-corrected chi connectivity index (χ0v) is 16.3. The largest absolute Gasteiger partial charge is 0.465 e. The summed E-state index contributed by atoms with van der Waals surface area (Å²) in [4.78, 5) is 26.0. The molecule has 1 N–H and O–H groups in total. The van der Waals surface area contributed by atoms with Crippen LogP contribution in [0.25, 0.3) is 0 Å². The fraction of sp³-hybridized carbons (Fsp3) is 0.579. The van der Waals surface area contributed by atoms with Crippen molar-refractivity contribution >= 4 is 12.0 Å². The SMILES string of the molecule is CC(C)(C)N(C(=O)O)[C@@H]1CC[C@@H](c2cccc(F)c2F)CN(CC(F)(F)F)C1=O. The molecular weight excluding hydrogens is 399 g/mol. The monoisotopic (exact) mass is 422 g/mol. The number of amides is 2. The molecule has 0 aliphatic carbocycles. The molecule has 0 spiro atoms. The van der Waals surface area contributed by atoms with Gasteiger partial charge in [0.1, 0.15) is 12.6 Å². The third-order valence-electron chi connectivity index (χ3n) is 4.86. The lowest BCUT2D eigenvalue weighted by Crippen LogP contribution is -2.57. The van der Waals surface area contributed by atoms with Gasteiger partial charge in [0.05, 0.1) is 0 Å². The summed E-state index contributed by atoms with van der Waals surface area (Å²) in [6, 6.07) is 2.03. The molecule has 2 amide bonds. The maximum atomic E-state index is 14.2. The molecule has 1 aliphatic heterocycles. The maximum absolute atomic E-state index is 14.2. The molecule has 1 aromatic rings. The van der Waals surface area contributed by atoms with Gasteiger partial charge in [-0.05, 0) is 45.2 Å². The van der Waals surface area contributed by atoms with Crippen LogP contribution in [0.4, 0.5) is 26.7 Å². The van der Waals surface area contributed by atoms with Crippen molar-refractivity contribution in [3.63, 3.8) is 0 Å². The number of hydrogen-bond donors (Lipinski definition) is 1. The predicted octanol–water partition coefficient (Wildman–Crippen LogP) is 4.38. The Kier molecular flexibility index (Phi) is 6.44. The normalized spacial score (nSPS) is 21.1. The zero-order chi connectivity index (χ0) is 22.1. The van der Waals surface area contributed by atoms with Gasteiger partial charge in [0, 0.05) is 18.0 Å². The quantitative estimate of drug-likeness (QED) is 0.736. The number of carbonyl (C=O) groups excluding carboxylic acids is 1. The standard InChI is InChI=1S/C19H23F5N2O3/c1-18(2,3)26(17(28)29)14-8-7-11(12-5-4-6-13(20)15(12)21)9-25(16(14)27)10-19(22,23)24/h4-6,11,14H,7-10H2,1-3H3,(H,28,29)/t11-,14-/m1/s1. The van der Waals surface area contributed by atoms with Gasteiger partial charge in [0.15, 0.2) is 11.6 Å². The van der Waals surface area contributed by atoms with Crippen LogP contribution in [0.15, 0.2) is 18.2 Å². The van der Waals surface area contributed by atoms with E-state index in [0.717, 1.165) is 11.0 Å². The molecule has 0 aromatic heterocycles. The molecule has 1 fully saturated rings. The summed E-state index contributed by atoms with van der Waals surface area (Å²) < 4.78 is 67.1. The first-order chi connectivity index (χ1) is 13.2. The number of likely N-dealkylation sites (tertiary alicyclic amines) is 1. The van der Waals surface area contributed by atoms with Gasteiger partial charge in [-0.3, -0.25) is 9.69 Å². The van der Waals surface area contributed by atoms with Gasteiger partial charge in [-0.15, -0.1) is 0 Å². The molecular formula is C19H23F5N2O3. The van der Waals surface area contributed by atoms with Crippen molar-refractivity contribution in [1.29, 1.82) is 0 Å². The minimum atomic E-state index is -4.73. The summed E-state index contributed by atoms with van der Waals surface area (Å²) in [6.45, 7) is 2.48. The molecule has 1 heterocycles. The summed E-state index contributed by atoms with van der Waals surface area (Å²) >= 11 is 0. The van der Waals surface area contributed by atoms with Crippen molar-refractivity contribution in [3.05, 3.63) is 35.4 Å². The maximum Gasteiger partial charge on any atom is 0.408 e. The van der Waals surface area contributed by atoms with Gasteiger partial charge < -0.3 is 10.0 Å². The molecule has 2 atom stereocenters. The van der Waals surface area contributed by atoms with Crippen molar-refractivity contribution in [2.75, 3.05) is 13.1 Å². The van der Waals surface area contributed by atoms with Gasteiger partial charge in [0.2, 0.25) is 5.91 Å². The lowest BCUT2D eigenvalue weighted by Gasteiger charge is -2.39. The first kappa shape index (κ1) is 22.9. The molecule has 5 nitrogen and oxygen atoms in total. The van der Waals surface area contributed by atoms with Crippen LogP contribution in [-0.4, -0.2) is 57.8 Å². The zero-order valence-electron chi connectivity index (χ0n) is 16.3. The molecule has 10 heteroatoms. The second kappa shape index (κ2) is 8.16. The van der Waals surface area contributed by atoms with E-state index in [-0.39, 0.29) is 18.4 Å². The molecule has 0 saturated carbocycles. The summed E-state index contributed by atoms with van der Waals surface area (Å²) in [5.74, 6) is -4.23. The topological polar surface area (TPSA) is 60.9 Å². The van der Waals surface area contributed by atoms with Gasteiger partial charge in [-0.2, -0.15) is 13.2 Å². The van der Waals surface area contributed by atoms with Crippen LogP contribution >= 0.6 is 0 Å². The van der Waals surface area contributed by atoms with Gasteiger partial charge in [-0.25, -0.2) is 13.6 Å². The van der Waals surface area contributed by atoms with Gasteiger partial charge in [-0.1, -0.05) is 12.1 Å². The second-order valence-corrected chi connectivity index (χ2v) is 8.09. The van der Waals surface area contributed by atoms with E-state index < -0.39 is 60.4 Å². The Bertz CT molecular complexity index is 776. The van der Waals surface area contributed by atoms with E-state index in [2.05, 4.69) is 0 Å². The van der Waals surface area contributed by atoms with Crippen LogP contribution in [0, 0.1) is 11.6 Å². The Morgan fingerprint density at radius 1 is 1.21 bits per heavy atom. The minimum absolute atomic E-state index is 0.0188. The number of nitrogens with zero attached hydrogens (tertiary/aromatic N) is 2. The lowest BCUT2D eigenvalue weighted by atomic mass is 9.92. The number of hydrogen-bond acceptors (Lipinski definition) is 2. The lowest BCUT2D eigenvalue weighted by molar-refractivity contribution is -0.164. The fourth-order valence-corrected chi connectivity index (χ4v) is 3.72. The third kappa shape index (κ3) is 5.36. The third-order valence-corrected chi connectivity index (χ3v) is 4.86. The number of rotatable bonds is 3. The van der Waals surface area contributed by atoms with Crippen molar-refractivity contribution in [2.45, 2.75) is 57.3 Å². The van der Waals surface area contributed by atoms with Crippen molar-refractivity contribution in [2.24, 2.45) is 0 Å². The van der Waals surface area contributed by atoms with E-state index in [1.807, 2.05) is 0 Å². The number of carboxylic acid groups (broad SMARTS) is 1. The number of carbonyl (C=O) groups is 2. The van der Waals surface area contributed by atoms with E-state index in [1.54, 1.807) is 0 Å². The number of halogens is 5. The van der Waals surface area contributed by atoms with Crippen molar-refractivity contribution in [1.82, 2.24) is 9.80 Å². The van der Waals surface area contributed by atoms with Crippen LogP contribution in [0.2, 0.25) is 0 Å². The van der Waals surface area contributed by atoms with Crippen molar-refractivity contribution < 1.29 is 36.6 Å². The highest BCUT2D eigenvalue weighted by Crippen LogP contribution is 2.34. The van der Waals surface area contributed by atoms with E-state index in [1.165, 1.54) is 32.9 Å². The van der Waals surface area contributed by atoms with Gasteiger partial charge >= 0.3 is 12.3 Å². The molecule has 0 bridgehead atoms. The molecule has 2 rings (SSSR count). The smallest absolute Gasteiger partial charge is 0.408 e. The fourth-order valence-electron chi connectivity index (χ4n) is 3.72. The Labute approximate surface area is 165 Å². The first-order valence-electron chi connectivity index (χ1n) is 9.04. The van der Waals surface area contributed by atoms with E-state index in [4.69, 9.17) is 0 Å². The van der Waals surface area contributed by atoms with Crippen LogP contribution in [0.1, 0.15) is 45.1 Å². The Balaban J connectivity index is 2.48. The molecule has 1 aliphatic rings. The molecule has 29 heavy (non-hydrogen) atoms. The van der Waals surface area contributed by atoms with E-state index in [0.29, 0.717) is 4.90 Å². The summed E-state index contributed by atoms with van der Waals surface area (Å²) in [5, 5.41) is 9.58. The molecule has 1 aromatic carbocycles. The average molecular weight is 422 g/mol. The minimum Gasteiger partial charge on any atom is -0.465 e. The average Bonchev–Trinajstić information content (AvgIpc) is 2.68. The molecule has 162 valence electrons. The second-order valence-electron chi connectivity index (χ2n) is 8.09. The Morgan fingerprint density at radius 3 is 2.34 bits per heavy atom. The number of benzene rings is 1. The summed E-state index contributed by atoms with van der Waals surface area (Å²) in [6.07, 6.45) is -6.27. The summed E-state index contributed by atoms with van der Waals surface area (Å²) in [7, 11) is 0. The first-order valence-corrected chi connectivity index (χ1v) is 9.04. The van der Waals surface area contributed by atoms with E-state index >= 15 is 0 Å². The van der Waals surface area contributed by atoms with Crippen LogP contribution in [-0.2, 0) is 4.79 Å². The molecule has 0 unspecified atom stereocenters. The van der Waals surface area contributed by atoms with Gasteiger partial charge in [0.25, 0.3) is 0 Å². The molecule has 0 radical (unpaired) electrons. The highest BCUT2D eigenvalue weighted by atomic mass is 19.4. The van der Waals surface area contributed by atoms with Crippen LogP contribution in [0.3, 0.4) is 0 Å². The Hall–Kier alpha value is -2.39. The van der Waals surface area contributed by atoms with Crippen LogP contribution in [0.5, 0.6) is 0 Å². The summed E-state index contributed by atoms with van der Waals surface area (Å²) in [5.41, 5.74) is -1.19. The number of alkyl halides is 3. The van der Waals surface area contributed by atoms with E-state index in [9.17, 15) is 36.6 Å². The predicted molar refractivity (Wildman–Crippen MR) is 94.4 cm³/mol. The highest BCUT2D eigenvalue weighted by molar-refractivity contribution is 5.86. The molecule has 1 saturated heterocycles. The Morgan fingerprint density at radius 2 is 1.83 bits per heavy atom. The highest BCUT2D eigenvalue weighted by Gasteiger charge is 2.44. The van der Waals surface area contributed by atoms with Crippen molar-refractivity contribution in [3.8, 4) is 0 Å². The van der Waals surface area contributed by atoms with Crippen LogP contribution < -0.4 is 0 Å².